The predicted molar refractivity (Wildman–Crippen MR) is 95.5 cm³/mol. The minimum absolute atomic E-state index is 0.149. The van der Waals surface area contributed by atoms with E-state index in [4.69, 9.17) is 21.1 Å². The van der Waals surface area contributed by atoms with Crippen molar-refractivity contribution in [2.45, 2.75) is 26.7 Å². The number of ether oxygens (including phenoxy) is 2. The van der Waals surface area contributed by atoms with Gasteiger partial charge in [0, 0.05) is 21.7 Å². The Kier molecular flexibility index (Phi) is 8.64. The van der Waals surface area contributed by atoms with E-state index in [1.165, 1.54) is 6.08 Å². The van der Waals surface area contributed by atoms with E-state index in [0.717, 1.165) is 0 Å². The molecule has 0 bridgehead atoms. The zero-order valence-corrected chi connectivity index (χ0v) is 15.1. The third kappa shape index (κ3) is 6.93. The van der Waals surface area contributed by atoms with E-state index in [2.05, 4.69) is 6.58 Å². The number of benzene rings is 1. The van der Waals surface area contributed by atoms with Crippen molar-refractivity contribution >= 4 is 29.3 Å². The lowest BCUT2D eigenvalue weighted by molar-refractivity contribution is -0.140. The van der Waals surface area contributed by atoms with Crippen LogP contribution in [0.2, 0.25) is 5.02 Å². The Morgan fingerprint density at radius 2 is 1.56 bits per heavy atom. The molecule has 0 aliphatic rings. The molecule has 0 atom stereocenters. The fourth-order valence-electron chi connectivity index (χ4n) is 1.93. The predicted octanol–water partition coefficient (Wildman–Crippen LogP) is 3.91. The van der Waals surface area contributed by atoms with Crippen LogP contribution in [-0.2, 0) is 19.1 Å². The molecule has 25 heavy (non-hydrogen) atoms. The molecule has 134 valence electrons. The minimum Gasteiger partial charge on any atom is -0.463 e. The van der Waals surface area contributed by atoms with Crippen molar-refractivity contribution in [3.05, 3.63) is 58.7 Å². The van der Waals surface area contributed by atoms with Gasteiger partial charge in [0.25, 0.3) is 0 Å². The Morgan fingerprint density at radius 3 is 2.12 bits per heavy atom. The first-order valence-electron chi connectivity index (χ1n) is 7.91. The second kappa shape index (κ2) is 10.5. The first kappa shape index (κ1) is 20.6. The third-order valence-corrected chi connectivity index (χ3v) is 3.48. The molecule has 0 spiro atoms. The second-order valence-electron chi connectivity index (χ2n) is 5.09. The quantitative estimate of drug-likeness (QED) is 0.377. The Labute approximate surface area is 152 Å². The third-order valence-electron chi connectivity index (χ3n) is 3.23. The molecule has 0 aromatic heterocycles. The number of rotatable bonds is 9. The van der Waals surface area contributed by atoms with Crippen LogP contribution < -0.4 is 0 Å². The van der Waals surface area contributed by atoms with Crippen LogP contribution in [0.15, 0.2) is 48.1 Å². The maximum atomic E-state index is 12.3. The van der Waals surface area contributed by atoms with Gasteiger partial charge < -0.3 is 9.47 Å². The summed E-state index contributed by atoms with van der Waals surface area (Å²) in [5, 5.41) is 0.511. The topological polar surface area (TPSA) is 69.7 Å². The van der Waals surface area contributed by atoms with Crippen LogP contribution in [0.3, 0.4) is 0 Å². The van der Waals surface area contributed by atoms with Crippen molar-refractivity contribution < 1.29 is 23.9 Å². The average molecular weight is 365 g/mol. The summed E-state index contributed by atoms with van der Waals surface area (Å²) in [5.74, 6) is -1.46. The maximum Gasteiger partial charge on any atom is 0.334 e. The van der Waals surface area contributed by atoms with Crippen molar-refractivity contribution in [1.29, 1.82) is 0 Å². The summed E-state index contributed by atoms with van der Waals surface area (Å²) in [5.41, 5.74) is 0.804. The molecular weight excluding hydrogens is 344 g/mol. The molecular formula is C19H21ClO5. The van der Waals surface area contributed by atoms with Crippen molar-refractivity contribution in [1.82, 2.24) is 0 Å². The summed E-state index contributed by atoms with van der Waals surface area (Å²) < 4.78 is 9.83. The number of carbonyl (C=O) groups excluding carboxylic acids is 3. The molecule has 1 rings (SSSR count). The Hall–Kier alpha value is -2.40. The standard InChI is InChI=1S/C19H21ClO5/c1-4-24-18(22)13(3)6-7-15(19(23)25-5-2)12-17(21)14-8-10-16(20)11-9-14/h8-12H,3-7H2,1-2H3/b15-12+. The fraction of sp³-hybridized carbons (Fsp3) is 0.316. The number of allylic oxidation sites excluding steroid dienone is 1. The molecule has 0 unspecified atom stereocenters. The van der Waals surface area contributed by atoms with Gasteiger partial charge in [0.2, 0.25) is 0 Å². The normalized spacial score (nSPS) is 10.9. The lowest BCUT2D eigenvalue weighted by Gasteiger charge is -2.08. The molecule has 6 heteroatoms. The van der Waals surface area contributed by atoms with E-state index in [1.807, 2.05) is 0 Å². The highest BCUT2D eigenvalue weighted by molar-refractivity contribution is 6.30. The molecule has 1 aromatic rings. The molecule has 0 saturated heterocycles. The zero-order chi connectivity index (χ0) is 18.8. The summed E-state index contributed by atoms with van der Waals surface area (Å²) in [7, 11) is 0. The second-order valence-corrected chi connectivity index (χ2v) is 5.52. The summed E-state index contributed by atoms with van der Waals surface area (Å²) in [4.78, 5) is 36.0. The smallest absolute Gasteiger partial charge is 0.334 e. The maximum absolute atomic E-state index is 12.3. The van der Waals surface area contributed by atoms with Gasteiger partial charge in [-0.3, -0.25) is 4.79 Å². The molecule has 0 N–H and O–H groups in total. The van der Waals surface area contributed by atoms with Crippen LogP contribution >= 0.6 is 11.6 Å². The molecule has 1 aromatic carbocycles. The van der Waals surface area contributed by atoms with Crippen LogP contribution in [-0.4, -0.2) is 30.9 Å². The van der Waals surface area contributed by atoms with E-state index >= 15 is 0 Å². The zero-order valence-electron chi connectivity index (χ0n) is 14.3. The highest BCUT2D eigenvalue weighted by Crippen LogP contribution is 2.16. The molecule has 5 nitrogen and oxygen atoms in total. The Morgan fingerprint density at radius 1 is 1.00 bits per heavy atom. The van der Waals surface area contributed by atoms with Gasteiger partial charge in [-0.2, -0.15) is 0 Å². The summed E-state index contributed by atoms with van der Waals surface area (Å²) in [6, 6.07) is 6.33. The summed E-state index contributed by atoms with van der Waals surface area (Å²) in [6.45, 7) is 7.44. The number of carbonyl (C=O) groups is 3. The minimum atomic E-state index is -0.596. The molecule has 0 aliphatic heterocycles. The number of halogens is 1. The first-order valence-corrected chi connectivity index (χ1v) is 8.29. The van der Waals surface area contributed by atoms with Crippen LogP contribution in [0, 0.1) is 0 Å². The summed E-state index contributed by atoms with van der Waals surface area (Å²) in [6.07, 6.45) is 1.56. The molecule has 0 aliphatic carbocycles. The van der Waals surface area contributed by atoms with Gasteiger partial charge in [-0.15, -0.1) is 0 Å². The van der Waals surface area contributed by atoms with Gasteiger partial charge in [0.15, 0.2) is 5.78 Å². The molecule has 0 heterocycles. The van der Waals surface area contributed by atoms with E-state index < -0.39 is 11.9 Å². The van der Waals surface area contributed by atoms with Crippen LogP contribution in [0.25, 0.3) is 0 Å². The van der Waals surface area contributed by atoms with E-state index in [-0.39, 0.29) is 43.0 Å². The van der Waals surface area contributed by atoms with Gasteiger partial charge in [-0.1, -0.05) is 18.2 Å². The SMILES string of the molecule is C=C(CC/C(=C\C(=O)c1ccc(Cl)cc1)C(=O)OCC)C(=O)OCC. The van der Waals surface area contributed by atoms with Crippen LogP contribution in [0.4, 0.5) is 0 Å². The number of esters is 2. The molecule has 0 saturated carbocycles. The summed E-state index contributed by atoms with van der Waals surface area (Å²) >= 11 is 5.80. The first-order chi connectivity index (χ1) is 11.9. The van der Waals surface area contributed by atoms with Gasteiger partial charge in [0.1, 0.15) is 0 Å². The lowest BCUT2D eigenvalue weighted by Crippen LogP contribution is -2.12. The lowest BCUT2D eigenvalue weighted by atomic mass is 10.0. The van der Waals surface area contributed by atoms with Gasteiger partial charge in [-0.05, 0) is 57.0 Å². The largest absolute Gasteiger partial charge is 0.463 e. The highest BCUT2D eigenvalue weighted by atomic mass is 35.5. The van der Waals surface area contributed by atoms with Gasteiger partial charge in [0.05, 0.1) is 13.2 Å². The van der Waals surface area contributed by atoms with Crippen LogP contribution in [0.1, 0.15) is 37.0 Å². The van der Waals surface area contributed by atoms with Gasteiger partial charge in [-0.25, -0.2) is 9.59 Å². The Bertz CT molecular complexity index is 674. The van der Waals surface area contributed by atoms with Crippen molar-refractivity contribution in [2.75, 3.05) is 13.2 Å². The van der Waals surface area contributed by atoms with E-state index in [9.17, 15) is 14.4 Å². The van der Waals surface area contributed by atoms with Gasteiger partial charge >= 0.3 is 11.9 Å². The van der Waals surface area contributed by atoms with Crippen molar-refractivity contribution in [3.8, 4) is 0 Å². The number of ketones is 1. The average Bonchev–Trinajstić information content (AvgIpc) is 2.59. The van der Waals surface area contributed by atoms with E-state index in [0.29, 0.717) is 10.6 Å². The Balaban J connectivity index is 2.90. The fourth-order valence-corrected chi connectivity index (χ4v) is 2.06. The molecule has 0 radical (unpaired) electrons. The van der Waals surface area contributed by atoms with Crippen molar-refractivity contribution in [3.63, 3.8) is 0 Å². The number of hydrogen-bond acceptors (Lipinski definition) is 5. The monoisotopic (exact) mass is 364 g/mol. The molecule has 0 amide bonds. The highest BCUT2D eigenvalue weighted by Gasteiger charge is 2.16. The molecule has 0 fully saturated rings. The van der Waals surface area contributed by atoms with E-state index in [1.54, 1.807) is 38.1 Å². The van der Waals surface area contributed by atoms with Crippen LogP contribution in [0.5, 0.6) is 0 Å². The van der Waals surface area contributed by atoms with Crippen molar-refractivity contribution in [2.24, 2.45) is 0 Å². The number of hydrogen-bond donors (Lipinski definition) is 0.